The van der Waals surface area contributed by atoms with Crippen LogP contribution in [0.2, 0.25) is 0 Å². The summed E-state index contributed by atoms with van der Waals surface area (Å²) in [5.74, 6) is 0. The largest absolute Gasteiger partial charge is 0.415 e. The molecule has 0 amide bonds. The molecule has 0 spiro atoms. The normalized spacial score (nSPS) is 13.2. The first-order valence-corrected chi connectivity index (χ1v) is 6.41. The summed E-state index contributed by atoms with van der Waals surface area (Å²) in [6.45, 7) is 5.90. The van der Waals surface area contributed by atoms with Crippen LogP contribution in [0.4, 0.5) is 0 Å². The van der Waals surface area contributed by atoms with Crippen molar-refractivity contribution in [3.05, 3.63) is 43.0 Å². The third-order valence-electron chi connectivity index (χ3n) is 2.21. The maximum absolute atomic E-state index is 5.89. The van der Waals surface area contributed by atoms with Crippen molar-refractivity contribution >= 4 is 14.9 Å². The molecule has 0 aliphatic rings. The van der Waals surface area contributed by atoms with E-state index in [2.05, 4.69) is 37.8 Å². The van der Waals surface area contributed by atoms with Crippen molar-refractivity contribution in [1.29, 1.82) is 0 Å². The van der Waals surface area contributed by atoms with E-state index < -0.39 is 9.76 Å². The zero-order valence-electron chi connectivity index (χ0n) is 8.78. The predicted octanol–water partition coefficient (Wildman–Crippen LogP) is 1.77. The number of rotatable bonds is 6. The van der Waals surface area contributed by atoms with Crippen molar-refractivity contribution in [2.45, 2.75) is 25.9 Å². The smallest absolute Gasteiger partial charge is 0.192 e. The van der Waals surface area contributed by atoms with E-state index in [1.165, 1.54) is 5.19 Å². The first kappa shape index (κ1) is 11.2. The Kier molecular flexibility index (Phi) is 5.26. The lowest BCUT2D eigenvalue weighted by Gasteiger charge is -2.14. The van der Waals surface area contributed by atoms with Crippen molar-refractivity contribution in [2.24, 2.45) is 0 Å². The first-order valence-electron chi connectivity index (χ1n) is 5.13. The lowest BCUT2D eigenvalue weighted by Crippen LogP contribution is -2.23. The second kappa shape index (κ2) is 6.57. The van der Waals surface area contributed by atoms with Crippen LogP contribution in [-0.4, -0.2) is 15.9 Å². The average molecular weight is 206 g/mol. The summed E-state index contributed by atoms with van der Waals surface area (Å²) in [4.78, 5) is 0. The van der Waals surface area contributed by atoms with Crippen LogP contribution in [0.15, 0.2) is 43.0 Å². The van der Waals surface area contributed by atoms with E-state index in [9.17, 15) is 0 Å². The van der Waals surface area contributed by atoms with E-state index in [-0.39, 0.29) is 0 Å². The Morgan fingerprint density at radius 3 is 2.71 bits per heavy atom. The van der Waals surface area contributed by atoms with Crippen molar-refractivity contribution in [1.82, 2.24) is 0 Å². The van der Waals surface area contributed by atoms with E-state index in [0.717, 1.165) is 12.8 Å². The van der Waals surface area contributed by atoms with Crippen LogP contribution in [0.25, 0.3) is 0 Å². The molecular formula is C12H18OSi. The summed E-state index contributed by atoms with van der Waals surface area (Å²) in [5, 5.41) is 1.37. The van der Waals surface area contributed by atoms with Crippen LogP contribution in [0.3, 0.4) is 0 Å². The van der Waals surface area contributed by atoms with Crippen molar-refractivity contribution in [2.75, 3.05) is 0 Å². The highest BCUT2D eigenvalue weighted by atomic mass is 28.2. The van der Waals surface area contributed by atoms with E-state index in [1.807, 2.05) is 12.1 Å². The highest BCUT2D eigenvalue weighted by Gasteiger charge is 2.03. The molecule has 1 rings (SSSR count). The summed E-state index contributed by atoms with van der Waals surface area (Å²) in [6.07, 6.45) is 4.36. The molecule has 14 heavy (non-hydrogen) atoms. The van der Waals surface area contributed by atoms with E-state index >= 15 is 0 Å². The molecule has 2 heteroatoms. The Hall–Kier alpha value is -0.863. The summed E-state index contributed by atoms with van der Waals surface area (Å²) < 4.78 is 5.89. The van der Waals surface area contributed by atoms with Gasteiger partial charge in [0.1, 0.15) is 0 Å². The summed E-state index contributed by atoms with van der Waals surface area (Å²) in [7, 11) is -0.538. The fourth-order valence-electron chi connectivity index (χ4n) is 1.33. The molecule has 0 radical (unpaired) electrons. The number of benzene rings is 1. The Morgan fingerprint density at radius 2 is 2.14 bits per heavy atom. The van der Waals surface area contributed by atoms with Gasteiger partial charge < -0.3 is 4.43 Å². The molecule has 0 N–H and O–H groups in total. The predicted molar refractivity (Wildman–Crippen MR) is 64.6 cm³/mol. The molecule has 0 saturated carbocycles. The van der Waals surface area contributed by atoms with Gasteiger partial charge in [0, 0.05) is 6.10 Å². The molecule has 1 unspecified atom stereocenters. The third kappa shape index (κ3) is 3.90. The lowest BCUT2D eigenvalue weighted by atomic mass is 10.2. The minimum absolute atomic E-state index is 0.374. The number of hydrogen-bond donors (Lipinski definition) is 0. The van der Waals surface area contributed by atoms with Gasteiger partial charge in [-0.25, -0.2) is 0 Å². The Labute approximate surface area is 88.7 Å². The number of hydrogen-bond acceptors (Lipinski definition) is 1. The van der Waals surface area contributed by atoms with Gasteiger partial charge in [0.2, 0.25) is 0 Å². The van der Waals surface area contributed by atoms with Gasteiger partial charge in [0.05, 0.1) is 0 Å². The third-order valence-corrected chi connectivity index (χ3v) is 3.66. The Balaban J connectivity index is 2.35. The van der Waals surface area contributed by atoms with Gasteiger partial charge in [0.15, 0.2) is 9.76 Å². The molecule has 0 aliphatic carbocycles. The molecule has 0 fully saturated rings. The minimum Gasteiger partial charge on any atom is -0.415 e. The maximum atomic E-state index is 5.89. The summed E-state index contributed by atoms with van der Waals surface area (Å²) >= 11 is 0. The van der Waals surface area contributed by atoms with Crippen LogP contribution in [0.1, 0.15) is 19.8 Å². The molecule has 76 valence electrons. The molecular weight excluding hydrogens is 188 g/mol. The van der Waals surface area contributed by atoms with E-state index in [0.29, 0.717) is 6.10 Å². The van der Waals surface area contributed by atoms with Gasteiger partial charge in [-0.3, -0.25) is 0 Å². The van der Waals surface area contributed by atoms with Crippen LogP contribution >= 0.6 is 0 Å². The molecule has 0 aliphatic heterocycles. The zero-order chi connectivity index (χ0) is 10.2. The van der Waals surface area contributed by atoms with Crippen LogP contribution in [-0.2, 0) is 4.43 Å². The monoisotopic (exact) mass is 206 g/mol. The minimum atomic E-state index is -0.538. The van der Waals surface area contributed by atoms with Gasteiger partial charge in [-0.05, 0) is 18.0 Å². The highest BCUT2D eigenvalue weighted by molar-refractivity contribution is 6.46. The average Bonchev–Trinajstić information content (AvgIpc) is 2.25. The molecule has 0 bridgehead atoms. The van der Waals surface area contributed by atoms with E-state index in [4.69, 9.17) is 4.43 Å². The van der Waals surface area contributed by atoms with Gasteiger partial charge in [-0.2, -0.15) is 0 Å². The van der Waals surface area contributed by atoms with Gasteiger partial charge in [-0.1, -0.05) is 43.3 Å². The highest BCUT2D eigenvalue weighted by Crippen LogP contribution is 2.02. The molecule has 0 heterocycles. The summed E-state index contributed by atoms with van der Waals surface area (Å²) in [6, 6.07) is 10.5. The molecule has 1 atom stereocenters. The van der Waals surface area contributed by atoms with Crippen LogP contribution < -0.4 is 5.19 Å². The molecule has 1 nitrogen and oxygen atoms in total. The van der Waals surface area contributed by atoms with Gasteiger partial charge in [0.25, 0.3) is 0 Å². The maximum Gasteiger partial charge on any atom is 0.192 e. The second-order valence-corrected chi connectivity index (χ2v) is 4.79. The molecule has 1 aromatic carbocycles. The SMILES string of the molecule is C=CCC(CC)O[SiH2]c1ccccc1. The van der Waals surface area contributed by atoms with E-state index in [1.54, 1.807) is 0 Å². The molecule has 1 aromatic rings. The fourth-order valence-corrected chi connectivity index (χ4v) is 2.59. The Bertz CT molecular complexity index is 258. The fraction of sp³-hybridized carbons (Fsp3) is 0.333. The lowest BCUT2D eigenvalue weighted by molar-refractivity contribution is 0.215. The molecule has 0 aromatic heterocycles. The zero-order valence-corrected chi connectivity index (χ0v) is 10.2. The Morgan fingerprint density at radius 1 is 1.43 bits per heavy atom. The quantitative estimate of drug-likeness (QED) is 0.509. The van der Waals surface area contributed by atoms with Gasteiger partial charge in [-0.15, -0.1) is 6.58 Å². The topological polar surface area (TPSA) is 9.23 Å². The van der Waals surface area contributed by atoms with Crippen LogP contribution in [0.5, 0.6) is 0 Å². The first-order chi connectivity index (χ1) is 6.86. The van der Waals surface area contributed by atoms with Crippen molar-refractivity contribution < 1.29 is 4.43 Å². The van der Waals surface area contributed by atoms with Crippen LogP contribution in [0, 0.1) is 0 Å². The standard InChI is InChI=1S/C12H18OSi/c1-3-8-11(4-2)13-14-12-9-6-5-7-10-12/h3,5-7,9-11H,1,4,8,14H2,2H3. The summed E-state index contributed by atoms with van der Waals surface area (Å²) in [5.41, 5.74) is 0. The molecule has 0 saturated heterocycles. The van der Waals surface area contributed by atoms with Gasteiger partial charge >= 0.3 is 0 Å². The van der Waals surface area contributed by atoms with Crippen molar-refractivity contribution in [3.8, 4) is 0 Å². The second-order valence-electron chi connectivity index (χ2n) is 3.35. The van der Waals surface area contributed by atoms with Crippen molar-refractivity contribution in [3.63, 3.8) is 0 Å².